The third-order valence-electron chi connectivity index (χ3n) is 3.63. The van der Waals surface area contributed by atoms with Crippen LogP contribution < -0.4 is 17.0 Å². The van der Waals surface area contributed by atoms with Gasteiger partial charge in [-0.2, -0.15) is 8.62 Å². The average molecular weight is 521 g/mol. The van der Waals surface area contributed by atoms with E-state index in [1.165, 1.54) is 0 Å². The second-order valence-corrected chi connectivity index (χ2v) is 10.5. The highest BCUT2D eigenvalue weighted by Crippen LogP contribution is 2.66. The molecule has 5 atom stereocenters. The van der Waals surface area contributed by atoms with E-state index in [0.717, 1.165) is 10.8 Å². The first-order valence-electron chi connectivity index (χ1n) is 8.29. The number of hydrogen-bond donors (Lipinski definition) is 7. The maximum absolute atomic E-state index is 12.1. The SMILES string of the molecule is NCC#Cc1cn([C@H]2CC(O)[C@@H](COP(=O)(O)OP(=O)(O)OP(=O)(O)O)O2)c(=O)[nH]c1=O. The van der Waals surface area contributed by atoms with Crippen LogP contribution in [0.3, 0.4) is 0 Å². The van der Waals surface area contributed by atoms with Crippen molar-refractivity contribution in [1.29, 1.82) is 0 Å². The largest absolute Gasteiger partial charge is 0.490 e. The van der Waals surface area contributed by atoms with Crippen molar-refractivity contribution in [3.05, 3.63) is 32.6 Å². The van der Waals surface area contributed by atoms with Gasteiger partial charge in [-0.05, 0) is 0 Å². The number of aliphatic hydroxyl groups excluding tert-OH is 1. The van der Waals surface area contributed by atoms with Gasteiger partial charge in [-0.25, -0.2) is 18.5 Å². The molecule has 1 aromatic heterocycles. The van der Waals surface area contributed by atoms with Crippen molar-refractivity contribution < 1.29 is 56.3 Å². The number of rotatable bonds is 8. The van der Waals surface area contributed by atoms with E-state index in [2.05, 4.69) is 25.0 Å². The van der Waals surface area contributed by atoms with Gasteiger partial charge in [0.1, 0.15) is 17.9 Å². The fraction of sp³-hybridized carbons (Fsp3) is 0.500. The van der Waals surface area contributed by atoms with Crippen molar-refractivity contribution >= 4 is 23.5 Å². The summed E-state index contributed by atoms with van der Waals surface area (Å²) in [4.78, 5) is 61.3. The minimum absolute atomic E-state index is 0.0557. The van der Waals surface area contributed by atoms with Gasteiger partial charge in [-0.1, -0.05) is 11.8 Å². The third-order valence-corrected chi connectivity index (χ3v) is 7.43. The lowest BCUT2D eigenvalue weighted by Crippen LogP contribution is -2.33. The highest BCUT2D eigenvalue weighted by molar-refractivity contribution is 7.66. The molecule has 17 nitrogen and oxygen atoms in total. The number of ether oxygens (including phenoxy) is 1. The number of H-pyrrole nitrogens is 1. The summed E-state index contributed by atoms with van der Waals surface area (Å²) in [6, 6.07) is 0. The Balaban J connectivity index is 2.09. The smallest absolute Gasteiger partial charge is 0.390 e. The predicted molar refractivity (Wildman–Crippen MR) is 102 cm³/mol. The molecule has 0 aliphatic carbocycles. The molecule has 1 aliphatic heterocycles. The lowest BCUT2D eigenvalue weighted by atomic mass is 10.2. The van der Waals surface area contributed by atoms with Crippen LogP contribution in [0.2, 0.25) is 0 Å². The topological polar surface area (TPSA) is 270 Å². The van der Waals surface area contributed by atoms with Gasteiger partial charge in [-0.3, -0.25) is 18.9 Å². The fourth-order valence-electron chi connectivity index (χ4n) is 2.44. The Morgan fingerprint density at radius 1 is 1.19 bits per heavy atom. The van der Waals surface area contributed by atoms with Crippen LogP contribution >= 0.6 is 23.5 Å². The Kier molecular flexibility index (Phi) is 8.54. The third kappa shape index (κ3) is 7.84. The summed E-state index contributed by atoms with van der Waals surface area (Å²) in [5.74, 6) is 4.87. The molecule has 3 unspecified atom stereocenters. The van der Waals surface area contributed by atoms with Crippen LogP contribution in [0.4, 0.5) is 0 Å². The number of nitrogens with one attached hydrogen (secondary N) is 1. The molecule has 1 saturated heterocycles. The quantitative estimate of drug-likeness (QED) is 0.142. The van der Waals surface area contributed by atoms with E-state index in [4.69, 9.17) is 25.2 Å². The van der Waals surface area contributed by atoms with Crippen LogP contribution in [-0.2, 0) is 31.6 Å². The summed E-state index contributed by atoms with van der Waals surface area (Å²) in [6.07, 6.45) is -3.07. The lowest BCUT2D eigenvalue weighted by molar-refractivity contribution is -0.0450. The molecule has 1 fully saturated rings. The standard InChI is InChI=1S/C12H18N3O14P3/c13-3-1-2-7-5-15(12(18)14-11(7)17)10-4-8(16)9(27-10)6-26-31(22,23)29-32(24,25)28-30(19,20)21/h5,8-10,16H,3-4,6,13H2,(H,22,23)(H,24,25)(H,14,17,18)(H2,19,20,21)/t8?,9-,10-/m1/s1. The fourth-order valence-corrected chi connectivity index (χ4v) is 5.47. The molecular weight excluding hydrogens is 503 g/mol. The van der Waals surface area contributed by atoms with Crippen LogP contribution in [0.1, 0.15) is 18.2 Å². The van der Waals surface area contributed by atoms with Crippen molar-refractivity contribution in [2.24, 2.45) is 5.73 Å². The molecule has 0 bridgehead atoms. The van der Waals surface area contributed by atoms with Crippen molar-refractivity contribution in [3.63, 3.8) is 0 Å². The van der Waals surface area contributed by atoms with Gasteiger partial charge >= 0.3 is 29.2 Å². The molecule has 180 valence electrons. The Morgan fingerprint density at radius 3 is 2.44 bits per heavy atom. The molecule has 1 aliphatic rings. The first-order chi connectivity index (χ1) is 14.6. The zero-order chi connectivity index (χ0) is 24.3. The van der Waals surface area contributed by atoms with Crippen LogP contribution in [0.15, 0.2) is 15.8 Å². The van der Waals surface area contributed by atoms with E-state index in [9.17, 15) is 33.3 Å². The molecule has 0 amide bonds. The zero-order valence-corrected chi connectivity index (χ0v) is 18.4. The zero-order valence-electron chi connectivity index (χ0n) is 15.7. The Morgan fingerprint density at radius 2 is 1.84 bits per heavy atom. The summed E-state index contributed by atoms with van der Waals surface area (Å²) in [5.41, 5.74) is 3.42. The summed E-state index contributed by atoms with van der Waals surface area (Å²) in [6.45, 7) is -0.973. The monoisotopic (exact) mass is 521 g/mol. The molecule has 2 rings (SSSR count). The molecule has 32 heavy (non-hydrogen) atoms. The molecule has 0 spiro atoms. The van der Waals surface area contributed by atoms with Crippen LogP contribution in [0.25, 0.3) is 0 Å². The van der Waals surface area contributed by atoms with Crippen molar-refractivity contribution in [3.8, 4) is 11.8 Å². The van der Waals surface area contributed by atoms with Gasteiger partial charge in [-0.15, -0.1) is 0 Å². The highest BCUT2D eigenvalue weighted by Gasteiger charge is 2.43. The van der Waals surface area contributed by atoms with Crippen LogP contribution in [0, 0.1) is 11.8 Å². The maximum atomic E-state index is 12.1. The summed E-state index contributed by atoms with van der Waals surface area (Å²) >= 11 is 0. The molecule has 8 N–H and O–H groups in total. The number of phosphoric ester groups is 1. The maximum Gasteiger partial charge on any atom is 0.490 e. The number of hydrogen-bond acceptors (Lipinski definition) is 11. The van der Waals surface area contributed by atoms with Gasteiger partial charge < -0.3 is 35.2 Å². The lowest BCUT2D eigenvalue weighted by Gasteiger charge is -2.19. The van der Waals surface area contributed by atoms with Crippen molar-refractivity contribution in [1.82, 2.24) is 9.55 Å². The van der Waals surface area contributed by atoms with Crippen molar-refractivity contribution in [2.45, 2.75) is 24.9 Å². The molecule has 1 aromatic rings. The molecule has 20 heteroatoms. The normalized spacial score (nSPS) is 24.9. The number of aromatic amines is 1. The van der Waals surface area contributed by atoms with E-state index in [1.54, 1.807) is 0 Å². The number of aliphatic hydroxyl groups is 1. The Labute approximate surface area is 178 Å². The van der Waals surface area contributed by atoms with E-state index in [0.29, 0.717) is 0 Å². The van der Waals surface area contributed by atoms with Gasteiger partial charge in [0.05, 0.1) is 19.3 Å². The second kappa shape index (κ2) is 10.2. The summed E-state index contributed by atoms with van der Waals surface area (Å²) < 4.78 is 51.4. The number of aromatic nitrogens is 2. The van der Waals surface area contributed by atoms with Gasteiger partial charge in [0.25, 0.3) is 5.56 Å². The van der Waals surface area contributed by atoms with Crippen LogP contribution in [-0.4, -0.2) is 59.6 Å². The van der Waals surface area contributed by atoms with E-state index in [1.807, 2.05) is 4.98 Å². The minimum atomic E-state index is -5.70. The number of phosphoric acid groups is 3. The number of nitrogens with two attached hydrogens (primary N) is 1. The average Bonchev–Trinajstić information content (AvgIpc) is 2.97. The number of nitrogens with zero attached hydrogens (tertiary/aromatic N) is 1. The molecule has 0 radical (unpaired) electrons. The van der Waals surface area contributed by atoms with Gasteiger partial charge in [0.2, 0.25) is 0 Å². The molecule has 2 heterocycles. The minimum Gasteiger partial charge on any atom is -0.390 e. The summed E-state index contributed by atoms with van der Waals surface area (Å²) in [5, 5.41) is 10.1. The first-order valence-corrected chi connectivity index (χ1v) is 12.8. The molecular formula is C12H18N3O14P3. The second-order valence-electron chi connectivity index (χ2n) is 6.03. The summed E-state index contributed by atoms with van der Waals surface area (Å²) in [7, 11) is -16.7. The Bertz CT molecular complexity index is 1160. The first kappa shape index (κ1) is 26.8. The van der Waals surface area contributed by atoms with Gasteiger partial charge in [0, 0.05) is 12.6 Å². The predicted octanol–water partition coefficient (Wildman–Crippen LogP) is -2.16. The molecule has 0 aromatic carbocycles. The van der Waals surface area contributed by atoms with Crippen LogP contribution in [0.5, 0.6) is 0 Å². The molecule has 0 saturated carbocycles. The van der Waals surface area contributed by atoms with Crippen molar-refractivity contribution in [2.75, 3.05) is 13.2 Å². The van der Waals surface area contributed by atoms with E-state index < -0.39 is 59.8 Å². The van der Waals surface area contributed by atoms with Gasteiger partial charge in [0.15, 0.2) is 0 Å². The highest BCUT2D eigenvalue weighted by atomic mass is 31.3. The Hall–Kier alpha value is -1.47. The van der Waals surface area contributed by atoms with E-state index >= 15 is 0 Å². The van der Waals surface area contributed by atoms with E-state index in [-0.39, 0.29) is 18.5 Å².